The molecule has 0 heterocycles. The maximum atomic E-state index is 10.5. The molecule has 1 atom stereocenters. The molecule has 0 saturated carbocycles. The van der Waals surface area contributed by atoms with Crippen LogP contribution in [0.15, 0.2) is 0 Å². The third-order valence-electron chi connectivity index (χ3n) is 5.00. The topological polar surface area (TPSA) is 60.7 Å². The Kier molecular flexibility index (Phi) is 10.4. The molecule has 3 nitrogen and oxygen atoms in total. The molecule has 0 spiro atoms. The van der Waals surface area contributed by atoms with E-state index in [1.165, 1.54) is 44.9 Å². The van der Waals surface area contributed by atoms with Crippen LogP contribution < -0.4 is 0 Å². The van der Waals surface area contributed by atoms with Gasteiger partial charge >= 0.3 is 138 Å². The maximum absolute atomic E-state index is 10.5. The molecule has 4 heteroatoms. The van der Waals surface area contributed by atoms with Crippen LogP contribution in [0.3, 0.4) is 0 Å². The minimum absolute atomic E-state index is 0.0918. The molecule has 0 bridgehead atoms. The fourth-order valence-electron chi connectivity index (χ4n) is 3.20. The van der Waals surface area contributed by atoms with Crippen LogP contribution in [0.25, 0.3) is 0 Å². The molecule has 0 aromatic heterocycles. The van der Waals surface area contributed by atoms with Crippen molar-refractivity contribution in [2.45, 2.75) is 110 Å². The van der Waals surface area contributed by atoms with Crippen molar-refractivity contribution in [2.75, 3.05) is 0 Å². The van der Waals surface area contributed by atoms with E-state index >= 15 is 0 Å². The molecule has 0 fully saturated rings. The van der Waals surface area contributed by atoms with Gasteiger partial charge in [0.2, 0.25) is 0 Å². The molecule has 0 saturated heterocycles. The minimum atomic E-state index is -4.54. The van der Waals surface area contributed by atoms with E-state index in [1.807, 2.05) is 13.8 Å². The Hall–Kier alpha value is 0.310. The van der Waals surface area contributed by atoms with Crippen LogP contribution in [0.4, 0.5) is 0 Å². The van der Waals surface area contributed by atoms with Gasteiger partial charge in [-0.2, -0.15) is 0 Å². The van der Waals surface area contributed by atoms with E-state index in [2.05, 4.69) is 6.92 Å². The Morgan fingerprint density at radius 1 is 0.682 bits per heavy atom. The third kappa shape index (κ3) is 7.73. The first-order valence-corrected chi connectivity index (χ1v) is 11.6. The predicted molar refractivity (Wildman–Crippen MR) is 99.2 cm³/mol. The first kappa shape index (κ1) is 22.3. The summed E-state index contributed by atoms with van der Waals surface area (Å²) in [6.07, 6.45) is 12.0. The summed E-state index contributed by atoms with van der Waals surface area (Å²) >= 11 is 0. The van der Waals surface area contributed by atoms with Crippen molar-refractivity contribution in [1.29, 1.82) is 0 Å². The predicted octanol–water partition coefficient (Wildman–Crippen LogP) is 5.62. The van der Waals surface area contributed by atoms with Gasteiger partial charge in [-0.15, -0.1) is 0 Å². The van der Waals surface area contributed by atoms with E-state index in [9.17, 15) is 14.7 Å². The summed E-state index contributed by atoms with van der Waals surface area (Å²) in [4.78, 5) is 31.4. The van der Waals surface area contributed by atoms with Crippen LogP contribution in [0, 0.1) is 5.92 Å². The van der Waals surface area contributed by atoms with Crippen LogP contribution in [-0.4, -0.2) is 26.0 Å². The Morgan fingerprint density at radius 2 is 1.09 bits per heavy atom. The van der Waals surface area contributed by atoms with Gasteiger partial charge in [0.25, 0.3) is 0 Å². The molecule has 0 amide bonds. The molecule has 0 aliphatic carbocycles. The molecular weight excluding hydrogens is 295 g/mol. The zero-order chi connectivity index (χ0) is 17.3. The first-order chi connectivity index (χ1) is 10.1. The SMILES string of the molecule is CCCCCCCCCCCC(C(C)C)P(O)(O)(O)C(C)C. The summed E-state index contributed by atoms with van der Waals surface area (Å²) in [5, 5.41) is 0. The first-order valence-electron chi connectivity index (χ1n) is 9.37. The second kappa shape index (κ2) is 10.2. The second-order valence-corrected chi connectivity index (χ2v) is 11.5. The number of unbranched alkanes of at least 4 members (excludes halogenated alkanes) is 8. The van der Waals surface area contributed by atoms with Crippen molar-refractivity contribution in [2.24, 2.45) is 5.92 Å². The number of hydrogen-bond donors (Lipinski definition) is 3. The van der Waals surface area contributed by atoms with Crippen molar-refractivity contribution in [1.82, 2.24) is 0 Å². The van der Waals surface area contributed by atoms with Gasteiger partial charge in [0.05, 0.1) is 0 Å². The van der Waals surface area contributed by atoms with Crippen molar-refractivity contribution < 1.29 is 14.7 Å². The zero-order valence-electron chi connectivity index (χ0n) is 15.6. The molecule has 0 rings (SSSR count). The molecular formula is C18H41O3P. The number of rotatable bonds is 13. The average Bonchev–Trinajstić information content (AvgIpc) is 2.39. The third-order valence-corrected chi connectivity index (χ3v) is 9.11. The molecule has 0 aromatic rings. The van der Waals surface area contributed by atoms with E-state index in [1.54, 1.807) is 13.8 Å². The molecule has 0 radical (unpaired) electrons. The summed E-state index contributed by atoms with van der Waals surface area (Å²) in [7, 11) is -4.54. The standard InChI is InChI=1S/C18H41O3P/c1-6-7-8-9-10-11-12-13-14-15-18(16(2)3)22(19,20,21)17(4)5/h16-21H,6-15H2,1-5H3. The summed E-state index contributed by atoms with van der Waals surface area (Å²) in [5.74, 6) is 0.0918. The van der Waals surface area contributed by atoms with Gasteiger partial charge < -0.3 is 0 Å². The van der Waals surface area contributed by atoms with Crippen LogP contribution in [0.1, 0.15) is 98.8 Å². The molecule has 0 aliphatic heterocycles. The fourth-order valence-corrected chi connectivity index (χ4v) is 5.79. The second-order valence-electron chi connectivity index (χ2n) is 7.63. The normalized spacial score (nSPS) is 16.0. The fraction of sp³-hybridized carbons (Fsp3) is 1.00. The molecule has 22 heavy (non-hydrogen) atoms. The quantitative estimate of drug-likeness (QED) is 0.302. The number of hydrogen-bond acceptors (Lipinski definition) is 3. The summed E-state index contributed by atoms with van der Waals surface area (Å²) in [6, 6.07) is 0. The van der Waals surface area contributed by atoms with Gasteiger partial charge in [0.1, 0.15) is 0 Å². The van der Waals surface area contributed by atoms with E-state index in [-0.39, 0.29) is 11.6 Å². The Morgan fingerprint density at radius 3 is 1.45 bits per heavy atom. The van der Waals surface area contributed by atoms with Crippen LogP contribution in [0.5, 0.6) is 0 Å². The Bertz CT molecular complexity index is 282. The average molecular weight is 336 g/mol. The Labute approximate surface area is 138 Å². The van der Waals surface area contributed by atoms with Gasteiger partial charge in [0, 0.05) is 0 Å². The van der Waals surface area contributed by atoms with E-state index in [4.69, 9.17) is 0 Å². The van der Waals surface area contributed by atoms with Gasteiger partial charge in [-0.05, 0) is 0 Å². The molecule has 0 aliphatic rings. The van der Waals surface area contributed by atoms with Crippen molar-refractivity contribution in [3.8, 4) is 0 Å². The van der Waals surface area contributed by atoms with Crippen LogP contribution >= 0.6 is 7.28 Å². The summed E-state index contributed by atoms with van der Waals surface area (Å²) in [5.41, 5.74) is -0.854. The van der Waals surface area contributed by atoms with E-state index in [0.29, 0.717) is 6.42 Å². The van der Waals surface area contributed by atoms with Crippen LogP contribution in [0.2, 0.25) is 0 Å². The Balaban J connectivity index is 4.04. The molecule has 136 valence electrons. The molecule has 1 unspecified atom stereocenters. The van der Waals surface area contributed by atoms with Gasteiger partial charge in [-0.25, -0.2) is 0 Å². The van der Waals surface area contributed by atoms with Crippen molar-refractivity contribution >= 4 is 7.28 Å². The van der Waals surface area contributed by atoms with E-state index < -0.39 is 12.9 Å². The van der Waals surface area contributed by atoms with E-state index in [0.717, 1.165) is 12.8 Å². The summed E-state index contributed by atoms with van der Waals surface area (Å²) in [6.45, 7) is 9.62. The van der Waals surface area contributed by atoms with Crippen LogP contribution in [-0.2, 0) is 0 Å². The molecule has 0 aromatic carbocycles. The van der Waals surface area contributed by atoms with Crippen molar-refractivity contribution in [3.05, 3.63) is 0 Å². The van der Waals surface area contributed by atoms with Gasteiger partial charge in [-0.3, -0.25) is 0 Å². The monoisotopic (exact) mass is 336 g/mol. The van der Waals surface area contributed by atoms with Gasteiger partial charge in [-0.1, -0.05) is 0 Å². The zero-order valence-corrected chi connectivity index (χ0v) is 16.5. The molecule has 3 N–H and O–H groups in total. The van der Waals surface area contributed by atoms with Gasteiger partial charge in [0.15, 0.2) is 0 Å². The van der Waals surface area contributed by atoms with Crippen molar-refractivity contribution in [3.63, 3.8) is 0 Å². The summed E-state index contributed by atoms with van der Waals surface area (Å²) < 4.78 is 0.